The summed E-state index contributed by atoms with van der Waals surface area (Å²) in [6, 6.07) is 12.3. The number of aryl methyl sites for hydroxylation is 1. The first-order chi connectivity index (χ1) is 16.2. The van der Waals surface area contributed by atoms with Crippen LogP contribution in [0.4, 0.5) is 17.2 Å². The van der Waals surface area contributed by atoms with Crippen LogP contribution in [0.3, 0.4) is 0 Å². The third-order valence-electron chi connectivity index (χ3n) is 4.75. The van der Waals surface area contributed by atoms with Gasteiger partial charge in [0, 0.05) is 29.8 Å². The van der Waals surface area contributed by atoms with Crippen LogP contribution in [0.25, 0.3) is 5.82 Å². The van der Waals surface area contributed by atoms with Crippen molar-refractivity contribution in [3.05, 3.63) is 78.6 Å². The third kappa shape index (κ3) is 4.96. The average molecular weight is 480 g/mol. The van der Waals surface area contributed by atoms with Crippen LogP contribution in [-0.4, -0.2) is 41.0 Å². The summed E-state index contributed by atoms with van der Waals surface area (Å²) in [5.41, 5.74) is 6.32. The smallest absolute Gasteiger partial charge is 0.261 e. The zero-order valence-corrected chi connectivity index (χ0v) is 19.1. The highest BCUT2D eigenvalue weighted by molar-refractivity contribution is 7.92. The number of methoxy groups -OCH3 is 1. The fourth-order valence-electron chi connectivity index (χ4n) is 3.17. The van der Waals surface area contributed by atoms with E-state index in [0.29, 0.717) is 28.8 Å². The zero-order valence-electron chi connectivity index (χ0n) is 18.3. The lowest BCUT2D eigenvalue weighted by Crippen LogP contribution is -2.16. The normalized spacial score (nSPS) is 11.1. The van der Waals surface area contributed by atoms with E-state index in [9.17, 15) is 13.2 Å². The molecule has 4 rings (SSSR count). The van der Waals surface area contributed by atoms with Crippen LogP contribution in [0.1, 0.15) is 16.2 Å². The van der Waals surface area contributed by atoms with E-state index in [-0.39, 0.29) is 16.2 Å². The minimum Gasteiger partial charge on any atom is -0.496 e. The van der Waals surface area contributed by atoms with Gasteiger partial charge in [0.1, 0.15) is 29.5 Å². The van der Waals surface area contributed by atoms with Crippen LogP contribution >= 0.6 is 0 Å². The molecule has 4 aromatic rings. The Hall–Kier alpha value is -4.45. The molecule has 34 heavy (non-hydrogen) atoms. The highest BCUT2D eigenvalue weighted by Gasteiger charge is 2.19. The molecular weight excluding hydrogens is 458 g/mol. The molecule has 0 aliphatic carbocycles. The monoisotopic (exact) mass is 479 g/mol. The van der Waals surface area contributed by atoms with Gasteiger partial charge in [-0.25, -0.2) is 23.4 Å². The van der Waals surface area contributed by atoms with Crippen molar-refractivity contribution in [3.8, 4) is 11.6 Å². The number of imidazole rings is 1. The van der Waals surface area contributed by atoms with Crippen molar-refractivity contribution in [2.45, 2.75) is 11.8 Å². The van der Waals surface area contributed by atoms with Crippen LogP contribution in [0.2, 0.25) is 0 Å². The van der Waals surface area contributed by atoms with Crippen molar-refractivity contribution in [3.63, 3.8) is 0 Å². The van der Waals surface area contributed by atoms with E-state index < -0.39 is 15.9 Å². The largest absolute Gasteiger partial charge is 0.496 e. The number of nitrogens with one attached hydrogen (secondary N) is 2. The molecular formula is C22H21N7O4S. The number of carbonyl (C=O) groups excluding carboxylic acids is 1. The fourth-order valence-corrected chi connectivity index (χ4v) is 4.26. The molecule has 4 N–H and O–H groups in total. The van der Waals surface area contributed by atoms with E-state index in [1.165, 1.54) is 25.3 Å². The second kappa shape index (κ2) is 9.19. The molecule has 0 saturated heterocycles. The quantitative estimate of drug-likeness (QED) is 0.348. The molecule has 2 aromatic carbocycles. The van der Waals surface area contributed by atoms with Crippen molar-refractivity contribution in [2.75, 3.05) is 17.1 Å². The van der Waals surface area contributed by atoms with Gasteiger partial charge < -0.3 is 15.8 Å². The first-order valence-corrected chi connectivity index (χ1v) is 11.5. The predicted octanol–water partition coefficient (Wildman–Crippen LogP) is 2.62. The number of ether oxygens (including phenoxy) is 1. The number of nitrogens with zero attached hydrogens (tertiary/aromatic N) is 4. The summed E-state index contributed by atoms with van der Waals surface area (Å²) in [6.45, 7) is 1.78. The van der Waals surface area contributed by atoms with Crippen molar-refractivity contribution in [1.82, 2.24) is 19.5 Å². The molecule has 0 fully saturated rings. The number of amides is 1. The summed E-state index contributed by atoms with van der Waals surface area (Å²) < 4.78 is 34.9. The molecule has 0 aliphatic heterocycles. The van der Waals surface area contributed by atoms with Gasteiger partial charge in [-0.15, -0.1) is 0 Å². The molecule has 174 valence electrons. The molecule has 11 nitrogen and oxygen atoms in total. The minimum absolute atomic E-state index is 0.0277. The summed E-state index contributed by atoms with van der Waals surface area (Å²) in [4.78, 5) is 24.3. The van der Waals surface area contributed by atoms with Gasteiger partial charge in [0.15, 0.2) is 0 Å². The molecule has 12 heteroatoms. The molecule has 0 saturated carbocycles. The van der Waals surface area contributed by atoms with Gasteiger partial charge in [-0.3, -0.25) is 14.1 Å². The number of anilines is 3. The molecule has 1 amide bonds. The number of nitrogens with two attached hydrogens (primary N) is 1. The Morgan fingerprint density at radius 1 is 1.06 bits per heavy atom. The highest BCUT2D eigenvalue weighted by Crippen LogP contribution is 2.25. The second-order valence-corrected chi connectivity index (χ2v) is 8.85. The van der Waals surface area contributed by atoms with Crippen LogP contribution in [0.5, 0.6) is 5.75 Å². The fraction of sp³-hybridized carbons (Fsp3) is 0.0909. The van der Waals surface area contributed by atoms with Gasteiger partial charge in [0.05, 0.1) is 17.6 Å². The standard InChI is InChI=1S/C22H21N7O4S/c1-14-25-20(12-21(26-14)29-10-9-24-13-29)27-15-3-5-16(6-4-15)28-34(31,32)17-7-8-19(33-2)18(11-17)22(23)30/h3-13,28H,1-2H3,(H2,23,30)(H,25,26,27). The molecule has 2 aromatic heterocycles. The molecule has 0 atom stereocenters. The first-order valence-electron chi connectivity index (χ1n) is 9.97. The van der Waals surface area contributed by atoms with Gasteiger partial charge in [-0.1, -0.05) is 0 Å². The van der Waals surface area contributed by atoms with E-state index in [0.717, 1.165) is 0 Å². The zero-order chi connectivity index (χ0) is 24.3. The van der Waals surface area contributed by atoms with E-state index in [4.69, 9.17) is 10.5 Å². The van der Waals surface area contributed by atoms with E-state index >= 15 is 0 Å². The molecule has 2 heterocycles. The summed E-state index contributed by atoms with van der Waals surface area (Å²) in [5, 5.41) is 3.17. The summed E-state index contributed by atoms with van der Waals surface area (Å²) in [5.74, 6) is 1.21. The third-order valence-corrected chi connectivity index (χ3v) is 6.13. The lowest BCUT2D eigenvalue weighted by atomic mass is 10.2. The number of aromatic nitrogens is 4. The van der Waals surface area contributed by atoms with Gasteiger partial charge in [-0.2, -0.15) is 0 Å². The van der Waals surface area contributed by atoms with Crippen LogP contribution in [-0.2, 0) is 10.0 Å². The number of primary amides is 1. The predicted molar refractivity (Wildman–Crippen MR) is 126 cm³/mol. The molecule has 0 radical (unpaired) electrons. The summed E-state index contributed by atoms with van der Waals surface area (Å²) in [6.07, 6.45) is 5.08. The number of rotatable bonds is 8. The van der Waals surface area contributed by atoms with Gasteiger partial charge in [0.2, 0.25) is 0 Å². The Labute approximate surface area is 195 Å². The number of carbonyl (C=O) groups is 1. The van der Waals surface area contributed by atoms with Gasteiger partial charge >= 0.3 is 0 Å². The lowest BCUT2D eigenvalue weighted by molar-refractivity contribution is 0.0997. The molecule has 0 spiro atoms. The SMILES string of the molecule is COc1ccc(S(=O)(=O)Nc2ccc(Nc3cc(-n4ccnc4)nc(C)n3)cc2)cc1C(N)=O. The maximum atomic E-state index is 12.8. The summed E-state index contributed by atoms with van der Waals surface area (Å²) >= 11 is 0. The van der Waals surface area contributed by atoms with E-state index in [1.807, 2.05) is 0 Å². The maximum Gasteiger partial charge on any atom is 0.261 e. The number of sulfonamides is 1. The summed E-state index contributed by atoms with van der Waals surface area (Å²) in [7, 11) is -2.60. The Balaban J connectivity index is 1.51. The Kier molecular flexibility index (Phi) is 6.15. The molecule has 0 aliphatic rings. The van der Waals surface area contributed by atoms with Crippen LogP contribution in [0.15, 0.2) is 72.1 Å². The Bertz CT molecular complexity index is 1440. The van der Waals surface area contributed by atoms with Crippen molar-refractivity contribution < 1.29 is 17.9 Å². The van der Waals surface area contributed by atoms with Crippen molar-refractivity contribution in [2.24, 2.45) is 5.73 Å². The average Bonchev–Trinajstić information content (AvgIpc) is 3.34. The van der Waals surface area contributed by atoms with Gasteiger partial charge in [0.25, 0.3) is 15.9 Å². The lowest BCUT2D eigenvalue weighted by Gasteiger charge is -2.12. The van der Waals surface area contributed by atoms with Crippen molar-refractivity contribution >= 4 is 33.1 Å². The topological polar surface area (TPSA) is 154 Å². The Morgan fingerprint density at radius 3 is 2.44 bits per heavy atom. The van der Waals surface area contributed by atoms with Gasteiger partial charge in [-0.05, 0) is 49.4 Å². The Morgan fingerprint density at radius 2 is 1.79 bits per heavy atom. The maximum absolute atomic E-state index is 12.8. The second-order valence-electron chi connectivity index (χ2n) is 7.16. The van der Waals surface area contributed by atoms with E-state index in [1.54, 1.807) is 60.5 Å². The molecule has 0 bridgehead atoms. The van der Waals surface area contributed by atoms with Crippen LogP contribution < -0.4 is 20.5 Å². The van der Waals surface area contributed by atoms with Crippen molar-refractivity contribution in [1.29, 1.82) is 0 Å². The highest BCUT2D eigenvalue weighted by atomic mass is 32.2. The first kappa shape index (κ1) is 22.7. The van der Waals surface area contributed by atoms with E-state index in [2.05, 4.69) is 25.0 Å². The van der Waals surface area contributed by atoms with Crippen LogP contribution in [0, 0.1) is 6.92 Å². The number of hydrogen-bond acceptors (Lipinski definition) is 8. The number of benzene rings is 2. The molecule has 0 unspecified atom stereocenters. The number of hydrogen-bond donors (Lipinski definition) is 3. The minimum atomic E-state index is -3.97.